The van der Waals surface area contributed by atoms with Crippen LogP contribution in [0.15, 0.2) is 42.5 Å². The lowest BCUT2D eigenvalue weighted by molar-refractivity contribution is -0.384. The maximum atomic E-state index is 13.3. The highest BCUT2D eigenvalue weighted by Gasteiger charge is 2.51. The standard InChI is InChI=1S/C20H19FN4O5/c1-3-20(13-5-7-14(21)8-6-13)18(27)24(19(28)23-20)11-17(26)22-16-10-15(25(29)30)9-4-12(16)2/h4-10H,3,11H2,1-2H3,(H,22,26)(H,23,28)/t20-/m1/s1. The van der Waals surface area contributed by atoms with E-state index in [2.05, 4.69) is 10.6 Å². The molecule has 2 aromatic rings. The van der Waals surface area contributed by atoms with Crippen molar-refractivity contribution in [2.75, 3.05) is 11.9 Å². The summed E-state index contributed by atoms with van der Waals surface area (Å²) in [6.45, 7) is 2.77. The number of carbonyl (C=O) groups excluding carboxylic acids is 3. The Bertz CT molecular complexity index is 1040. The summed E-state index contributed by atoms with van der Waals surface area (Å²) in [6, 6.07) is 8.43. The van der Waals surface area contributed by atoms with Gasteiger partial charge in [0.1, 0.15) is 17.9 Å². The summed E-state index contributed by atoms with van der Waals surface area (Å²) in [5, 5.41) is 16.0. The van der Waals surface area contributed by atoms with Gasteiger partial charge in [-0.15, -0.1) is 0 Å². The summed E-state index contributed by atoms with van der Waals surface area (Å²) in [5.41, 5.74) is -0.400. The summed E-state index contributed by atoms with van der Waals surface area (Å²) in [4.78, 5) is 49.1. The molecule has 0 spiro atoms. The molecule has 2 N–H and O–H groups in total. The first kappa shape index (κ1) is 20.9. The van der Waals surface area contributed by atoms with E-state index in [1.54, 1.807) is 13.8 Å². The molecule has 1 aliphatic heterocycles. The molecule has 1 heterocycles. The summed E-state index contributed by atoms with van der Waals surface area (Å²) in [5.74, 6) is -1.80. The fourth-order valence-electron chi connectivity index (χ4n) is 3.34. The van der Waals surface area contributed by atoms with Crippen molar-refractivity contribution in [3.8, 4) is 0 Å². The third-order valence-corrected chi connectivity index (χ3v) is 5.05. The van der Waals surface area contributed by atoms with Crippen LogP contribution in [0.1, 0.15) is 24.5 Å². The van der Waals surface area contributed by atoms with E-state index in [0.29, 0.717) is 11.1 Å². The van der Waals surface area contributed by atoms with E-state index < -0.39 is 40.7 Å². The number of hydrogen-bond acceptors (Lipinski definition) is 5. The second-order valence-electron chi connectivity index (χ2n) is 6.89. The quantitative estimate of drug-likeness (QED) is 0.428. The van der Waals surface area contributed by atoms with Crippen LogP contribution in [0.2, 0.25) is 0 Å². The highest BCUT2D eigenvalue weighted by atomic mass is 19.1. The van der Waals surface area contributed by atoms with Crippen molar-refractivity contribution in [1.82, 2.24) is 10.2 Å². The number of carbonyl (C=O) groups is 3. The van der Waals surface area contributed by atoms with E-state index in [0.717, 1.165) is 4.90 Å². The van der Waals surface area contributed by atoms with Gasteiger partial charge in [-0.1, -0.05) is 25.1 Å². The summed E-state index contributed by atoms with van der Waals surface area (Å²) >= 11 is 0. The van der Waals surface area contributed by atoms with Crippen LogP contribution in [0.5, 0.6) is 0 Å². The first-order valence-corrected chi connectivity index (χ1v) is 9.13. The van der Waals surface area contributed by atoms with Gasteiger partial charge >= 0.3 is 6.03 Å². The monoisotopic (exact) mass is 414 g/mol. The maximum absolute atomic E-state index is 13.3. The number of nitro benzene ring substituents is 1. The molecule has 9 nitrogen and oxygen atoms in total. The minimum atomic E-state index is -1.40. The molecule has 2 aromatic carbocycles. The van der Waals surface area contributed by atoms with Gasteiger partial charge in [0.05, 0.1) is 10.6 Å². The van der Waals surface area contributed by atoms with E-state index in [1.807, 2.05) is 0 Å². The van der Waals surface area contributed by atoms with Gasteiger partial charge in [0.15, 0.2) is 0 Å². The maximum Gasteiger partial charge on any atom is 0.325 e. The van der Waals surface area contributed by atoms with Crippen molar-refractivity contribution >= 4 is 29.2 Å². The van der Waals surface area contributed by atoms with Gasteiger partial charge in [-0.2, -0.15) is 0 Å². The van der Waals surface area contributed by atoms with Crippen molar-refractivity contribution in [2.45, 2.75) is 25.8 Å². The molecular formula is C20H19FN4O5. The van der Waals surface area contributed by atoms with Crippen LogP contribution >= 0.6 is 0 Å². The number of benzene rings is 2. The molecule has 0 bridgehead atoms. The van der Waals surface area contributed by atoms with Gasteiger partial charge in [-0.25, -0.2) is 9.18 Å². The third kappa shape index (κ3) is 3.71. The smallest absolute Gasteiger partial charge is 0.324 e. The van der Waals surface area contributed by atoms with Gasteiger partial charge in [0.25, 0.3) is 11.6 Å². The first-order chi connectivity index (χ1) is 14.2. The van der Waals surface area contributed by atoms with Gasteiger partial charge in [-0.3, -0.25) is 24.6 Å². The molecule has 1 aliphatic rings. The second-order valence-corrected chi connectivity index (χ2v) is 6.89. The van der Waals surface area contributed by atoms with Gasteiger partial charge in [0.2, 0.25) is 5.91 Å². The van der Waals surface area contributed by atoms with Gasteiger partial charge < -0.3 is 10.6 Å². The lowest BCUT2D eigenvalue weighted by Gasteiger charge is -2.25. The van der Waals surface area contributed by atoms with Crippen LogP contribution in [0.3, 0.4) is 0 Å². The number of nitrogens with zero attached hydrogens (tertiary/aromatic N) is 2. The van der Waals surface area contributed by atoms with E-state index in [4.69, 9.17) is 0 Å². The Balaban J connectivity index is 1.80. The predicted octanol–water partition coefficient (Wildman–Crippen LogP) is 2.84. The average Bonchev–Trinajstić information content (AvgIpc) is 2.95. The Morgan fingerprint density at radius 2 is 1.90 bits per heavy atom. The molecule has 0 aromatic heterocycles. The van der Waals surface area contributed by atoms with E-state index >= 15 is 0 Å². The summed E-state index contributed by atoms with van der Waals surface area (Å²) < 4.78 is 13.3. The van der Waals surface area contributed by atoms with Gasteiger partial charge in [0, 0.05) is 12.1 Å². The van der Waals surface area contributed by atoms with Crippen LogP contribution in [0.4, 0.5) is 20.6 Å². The van der Waals surface area contributed by atoms with Crippen LogP contribution < -0.4 is 10.6 Å². The number of nitrogens with one attached hydrogen (secondary N) is 2. The molecule has 0 unspecified atom stereocenters. The van der Waals surface area contributed by atoms with Gasteiger partial charge in [-0.05, 0) is 36.6 Å². The van der Waals surface area contributed by atoms with Crippen molar-refractivity contribution in [2.24, 2.45) is 0 Å². The van der Waals surface area contributed by atoms with Crippen molar-refractivity contribution < 1.29 is 23.7 Å². The number of non-ortho nitro benzene ring substituents is 1. The Morgan fingerprint density at radius 1 is 1.23 bits per heavy atom. The topological polar surface area (TPSA) is 122 Å². The lowest BCUT2D eigenvalue weighted by atomic mass is 9.87. The molecule has 0 saturated carbocycles. The molecule has 4 amide bonds. The molecule has 0 radical (unpaired) electrons. The number of aryl methyl sites for hydroxylation is 1. The van der Waals surface area contributed by atoms with Crippen LogP contribution in [0.25, 0.3) is 0 Å². The molecule has 1 fully saturated rings. The number of amides is 4. The second kappa shape index (κ2) is 7.90. The molecule has 10 heteroatoms. The number of rotatable bonds is 6. The lowest BCUT2D eigenvalue weighted by Crippen LogP contribution is -2.44. The largest absolute Gasteiger partial charge is 0.325 e. The molecule has 0 aliphatic carbocycles. The number of nitro groups is 1. The highest BCUT2D eigenvalue weighted by Crippen LogP contribution is 2.32. The fraction of sp³-hybridized carbons (Fsp3) is 0.250. The molecular weight excluding hydrogens is 395 g/mol. The number of urea groups is 1. The van der Waals surface area contributed by atoms with Crippen LogP contribution in [0, 0.1) is 22.9 Å². The molecule has 3 rings (SSSR count). The zero-order valence-corrected chi connectivity index (χ0v) is 16.3. The average molecular weight is 414 g/mol. The number of hydrogen-bond donors (Lipinski definition) is 2. The fourth-order valence-corrected chi connectivity index (χ4v) is 3.34. The number of imide groups is 1. The predicted molar refractivity (Wildman–Crippen MR) is 105 cm³/mol. The zero-order chi connectivity index (χ0) is 22.1. The van der Waals surface area contributed by atoms with E-state index in [9.17, 15) is 28.9 Å². The summed E-state index contributed by atoms with van der Waals surface area (Å²) in [7, 11) is 0. The van der Waals surface area contributed by atoms with Crippen LogP contribution in [-0.2, 0) is 15.1 Å². The minimum Gasteiger partial charge on any atom is -0.324 e. The molecule has 1 saturated heterocycles. The Hall–Kier alpha value is -3.82. The summed E-state index contributed by atoms with van der Waals surface area (Å²) in [6.07, 6.45) is 0.200. The van der Waals surface area contributed by atoms with E-state index in [1.165, 1.54) is 42.5 Å². The molecule has 30 heavy (non-hydrogen) atoms. The van der Waals surface area contributed by atoms with E-state index in [-0.39, 0.29) is 17.8 Å². The molecule has 156 valence electrons. The first-order valence-electron chi connectivity index (χ1n) is 9.13. The van der Waals surface area contributed by atoms with Crippen molar-refractivity contribution in [1.29, 1.82) is 0 Å². The van der Waals surface area contributed by atoms with Crippen LogP contribution in [-0.4, -0.2) is 34.2 Å². The Morgan fingerprint density at radius 3 is 2.50 bits per heavy atom. The highest BCUT2D eigenvalue weighted by molar-refractivity contribution is 6.10. The normalized spacial score (nSPS) is 18.3. The van der Waals surface area contributed by atoms with Crippen molar-refractivity contribution in [3.05, 3.63) is 69.5 Å². The van der Waals surface area contributed by atoms with Crippen molar-refractivity contribution in [3.63, 3.8) is 0 Å². The number of anilines is 1. The zero-order valence-electron chi connectivity index (χ0n) is 16.3. The SMILES string of the molecule is CC[C@]1(c2ccc(F)cc2)NC(=O)N(CC(=O)Nc2cc([N+](=O)[O-])ccc2C)C1=O. The third-order valence-electron chi connectivity index (χ3n) is 5.05. The minimum absolute atomic E-state index is 0.200. The Kier molecular flexibility index (Phi) is 5.50. The molecule has 1 atom stereocenters. The Labute approximate surface area is 171 Å². The number of halogens is 1.